The molecular weight excluding hydrogens is 247 g/mol. The van der Waals surface area contributed by atoms with Gasteiger partial charge in [0, 0.05) is 19.1 Å². The highest BCUT2D eigenvalue weighted by Gasteiger charge is 2.18. The van der Waals surface area contributed by atoms with Crippen LogP contribution in [0.15, 0.2) is 18.2 Å². The molecule has 4 heteroatoms. The fourth-order valence-electron chi connectivity index (χ4n) is 2.31. The van der Waals surface area contributed by atoms with E-state index >= 15 is 0 Å². The van der Waals surface area contributed by atoms with Crippen LogP contribution < -0.4 is 4.74 Å². The Morgan fingerprint density at radius 3 is 2.95 bits per heavy atom. The standard InChI is InChI=1S/C15H19FO3/c1-18-12-5-7-13(14(16)10-12)15(17)8-6-11-4-2-3-9-19-11/h5,7,10-11H,2-4,6,8-9H2,1H3. The average Bonchev–Trinajstić information content (AvgIpc) is 2.45. The summed E-state index contributed by atoms with van der Waals surface area (Å²) in [6.45, 7) is 0.774. The van der Waals surface area contributed by atoms with E-state index in [-0.39, 0.29) is 17.5 Å². The molecule has 1 aromatic carbocycles. The van der Waals surface area contributed by atoms with Gasteiger partial charge >= 0.3 is 0 Å². The molecule has 1 heterocycles. The summed E-state index contributed by atoms with van der Waals surface area (Å²) in [6.07, 6.45) is 4.39. The van der Waals surface area contributed by atoms with Crippen molar-refractivity contribution in [2.75, 3.05) is 13.7 Å². The van der Waals surface area contributed by atoms with Gasteiger partial charge in [0.15, 0.2) is 5.78 Å². The van der Waals surface area contributed by atoms with Crippen LogP contribution >= 0.6 is 0 Å². The van der Waals surface area contributed by atoms with Crippen LogP contribution in [0.5, 0.6) is 5.75 Å². The van der Waals surface area contributed by atoms with Crippen LogP contribution in [-0.4, -0.2) is 25.6 Å². The van der Waals surface area contributed by atoms with Gasteiger partial charge in [-0.25, -0.2) is 4.39 Å². The highest BCUT2D eigenvalue weighted by molar-refractivity contribution is 5.96. The lowest BCUT2D eigenvalue weighted by molar-refractivity contribution is 0.0104. The van der Waals surface area contributed by atoms with Gasteiger partial charge < -0.3 is 9.47 Å². The molecule has 2 rings (SSSR count). The maximum Gasteiger partial charge on any atom is 0.165 e. The monoisotopic (exact) mass is 266 g/mol. The lowest BCUT2D eigenvalue weighted by Crippen LogP contribution is -2.20. The summed E-state index contributed by atoms with van der Waals surface area (Å²) < 4.78 is 24.2. The number of hydrogen-bond acceptors (Lipinski definition) is 3. The highest BCUT2D eigenvalue weighted by atomic mass is 19.1. The molecule has 0 bridgehead atoms. The Labute approximate surface area is 112 Å². The van der Waals surface area contributed by atoms with E-state index in [1.807, 2.05) is 0 Å². The Bertz CT molecular complexity index is 439. The minimum atomic E-state index is -0.520. The number of hydrogen-bond donors (Lipinski definition) is 0. The van der Waals surface area contributed by atoms with Crippen molar-refractivity contribution in [1.82, 2.24) is 0 Å². The van der Waals surface area contributed by atoms with Gasteiger partial charge in [0.05, 0.1) is 18.8 Å². The van der Waals surface area contributed by atoms with Gasteiger partial charge in [0.2, 0.25) is 0 Å². The normalized spacial score (nSPS) is 19.2. The summed E-state index contributed by atoms with van der Waals surface area (Å²) in [5, 5.41) is 0. The van der Waals surface area contributed by atoms with Crippen LogP contribution in [-0.2, 0) is 4.74 Å². The second kappa shape index (κ2) is 6.66. The average molecular weight is 266 g/mol. The van der Waals surface area contributed by atoms with E-state index in [0.29, 0.717) is 18.6 Å². The minimum Gasteiger partial charge on any atom is -0.497 e. The molecule has 0 spiro atoms. The fourth-order valence-corrected chi connectivity index (χ4v) is 2.31. The zero-order chi connectivity index (χ0) is 13.7. The van der Waals surface area contributed by atoms with Crippen molar-refractivity contribution in [1.29, 1.82) is 0 Å². The zero-order valence-corrected chi connectivity index (χ0v) is 11.2. The van der Waals surface area contributed by atoms with E-state index in [0.717, 1.165) is 25.9 Å². The molecule has 1 atom stereocenters. The van der Waals surface area contributed by atoms with E-state index in [1.54, 1.807) is 6.07 Å². The summed E-state index contributed by atoms with van der Waals surface area (Å²) in [4.78, 5) is 12.0. The van der Waals surface area contributed by atoms with Crippen molar-refractivity contribution in [3.63, 3.8) is 0 Å². The van der Waals surface area contributed by atoms with Crippen molar-refractivity contribution in [2.45, 2.75) is 38.2 Å². The maximum absolute atomic E-state index is 13.7. The number of Topliss-reactive ketones (excluding diaryl/α,β-unsaturated/α-hetero) is 1. The Balaban J connectivity index is 1.92. The molecule has 3 nitrogen and oxygen atoms in total. The summed E-state index contributed by atoms with van der Waals surface area (Å²) in [5.41, 5.74) is 0.136. The first-order chi connectivity index (χ1) is 9.20. The first-order valence-corrected chi connectivity index (χ1v) is 6.69. The molecule has 1 aliphatic rings. The van der Waals surface area contributed by atoms with Gasteiger partial charge in [-0.05, 0) is 37.8 Å². The number of rotatable bonds is 5. The topological polar surface area (TPSA) is 35.5 Å². The Hall–Kier alpha value is -1.42. The smallest absolute Gasteiger partial charge is 0.165 e. The predicted octanol–water partition coefficient (Wildman–Crippen LogP) is 3.37. The highest BCUT2D eigenvalue weighted by Crippen LogP contribution is 2.21. The fraction of sp³-hybridized carbons (Fsp3) is 0.533. The van der Waals surface area contributed by atoms with Crippen LogP contribution in [0.1, 0.15) is 42.5 Å². The Kier molecular flexibility index (Phi) is 4.91. The van der Waals surface area contributed by atoms with Gasteiger partial charge in [-0.15, -0.1) is 0 Å². The van der Waals surface area contributed by atoms with Gasteiger partial charge in [0.25, 0.3) is 0 Å². The van der Waals surface area contributed by atoms with E-state index in [1.165, 1.54) is 19.2 Å². The third kappa shape index (κ3) is 3.77. The zero-order valence-electron chi connectivity index (χ0n) is 11.2. The predicted molar refractivity (Wildman–Crippen MR) is 70.1 cm³/mol. The van der Waals surface area contributed by atoms with Gasteiger partial charge in [-0.1, -0.05) is 0 Å². The molecule has 0 N–H and O–H groups in total. The van der Waals surface area contributed by atoms with Crippen molar-refractivity contribution >= 4 is 5.78 Å². The third-order valence-electron chi connectivity index (χ3n) is 3.44. The lowest BCUT2D eigenvalue weighted by Gasteiger charge is -2.22. The molecule has 0 aromatic heterocycles. The molecule has 19 heavy (non-hydrogen) atoms. The molecule has 104 valence electrons. The van der Waals surface area contributed by atoms with Crippen LogP contribution in [0.25, 0.3) is 0 Å². The molecule has 1 unspecified atom stereocenters. The van der Waals surface area contributed by atoms with Crippen molar-refractivity contribution < 1.29 is 18.7 Å². The summed E-state index contributed by atoms with van der Waals surface area (Å²) >= 11 is 0. The number of halogens is 1. The van der Waals surface area contributed by atoms with Crippen LogP contribution in [0.2, 0.25) is 0 Å². The number of methoxy groups -OCH3 is 1. The van der Waals surface area contributed by atoms with Crippen LogP contribution in [0.3, 0.4) is 0 Å². The summed E-state index contributed by atoms with van der Waals surface area (Å²) in [7, 11) is 1.47. The maximum atomic E-state index is 13.7. The lowest BCUT2D eigenvalue weighted by atomic mass is 10.00. The number of ketones is 1. The molecule has 1 saturated heterocycles. The number of carbonyl (C=O) groups excluding carboxylic acids is 1. The number of carbonyl (C=O) groups is 1. The first kappa shape index (κ1) is 14.0. The quantitative estimate of drug-likeness (QED) is 0.766. The SMILES string of the molecule is COc1ccc(C(=O)CCC2CCCCO2)c(F)c1. The van der Waals surface area contributed by atoms with Gasteiger partial charge in [-0.3, -0.25) is 4.79 Å². The summed E-state index contributed by atoms with van der Waals surface area (Å²) in [5.74, 6) is -0.270. The van der Waals surface area contributed by atoms with E-state index in [2.05, 4.69) is 0 Å². The second-order valence-electron chi connectivity index (χ2n) is 4.80. The van der Waals surface area contributed by atoms with Gasteiger partial charge in [-0.2, -0.15) is 0 Å². The van der Waals surface area contributed by atoms with E-state index in [9.17, 15) is 9.18 Å². The molecule has 0 saturated carbocycles. The van der Waals surface area contributed by atoms with Crippen LogP contribution in [0.4, 0.5) is 4.39 Å². The van der Waals surface area contributed by atoms with E-state index < -0.39 is 5.82 Å². The molecule has 1 fully saturated rings. The molecule has 0 aliphatic carbocycles. The second-order valence-corrected chi connectivity index (χ2v) is 4.80. The largest absolute Gasteiger partial charge is 0.497 e. The first-order valence-electron chi connectivity index (χ1n) is 6.69. The molecule has 1 aromatic rings. The third-order valence-corrected chi connectivity index (χ3v) is 3.44. The summed E-state index contributed by atoms with van der Waals surface area (Å²) in [6, 6.07) is 4.33. The van der Waals surface area contributed by atoms with Crippen LogP contribution in [0, 0.1) is 5.82 Å². The number of ether oxygens (including phenoxy) is 2. The molecule has 1 aliphatic heterocycles. The van der Waals surface area contributed by atoms with Crippen molar-refractivity contribution in [3.05, 3.63) is 29.6 Å². The minimum absolute atomic E-state index is 0.136. The van der Waals surface area contributed by atoms with Crippen molar-refractivity contribution in [2.24, 2.45) is 0 Å². The molecule has 0 radical (unpaired) electrons. The Morgan fingerprint density at radius 1 is 1.47 bits per heavy atom. The van der Waals surface area contributed by atoms with Gasteiger partial charge in [0.1, 0.15) is 11.6 Å². The Morgan fingerprint density at radius 2 is 2.32 bits per heavy atom. The molecular formula is C15H19FO3. The van der Waals surface area contributed by atoms with E-state index in [4.69, 9.17) is 9.47 Å². The van der Waals surface area contributed by atoms with Crippen molar-refractivity contribution in [3.8, 4) is 5.75 Å². The molecule has 0 amide bonds. The number of benzene rings is 1.